The first-order chi connectivity index (χ1) is 5.81. The van der Waals surface area contributed by atoms with Crippen molar-refractivity contribution in [2.75, 3.05) is 5.43 Å². The number of aryl methyl sites for hydroxylation is 1. The minimum atomic E-state index is 0.639. The van der Waals surface area contributed by atoms with E-state index in [1.165, 1.54) is 0 Å². The summed E-state index contributed by atoms with van der Waals surface area (Å²) in [5.74, 6) is 5.28. The highest BCUT2D eigenvalue weighted by atomic mass is 16.1. The molecular weight excluding hydrogens is 152 g/mol. The van der Waals surface area contributed by atoms with Gasteiger partial charge in [0.15, 0.2) is 0 Å². The fourth-order valence-corrected chi connectivity index (χ4v) is 1.11. The normalized spacial score (nSPS) is 9.50. The van der Waals surface area contributed by atoms with Gasteiger partial charge in [-0.2, -0.15) is 0 Å². The first-order valence-corrected chi connectivity index (χ1v) is 3.86. The van der Waals surface area contributed by atoms with Gasteiger partial charge in [0.1, 0.15) is 6.29 Å². The van der Waals surface area contributed by atoms with Crippen LogP contribution in [0.5, 0.6) is 0 Å². The number of nitrogen functional groups attached to an aromatic ring is 1. The number of hydrogen-bond donors (Lipinski definition) is 2. The third-order valence-corrected chi connectivity index (χ3v) is 1.81. The summed E-state index contributed by atoms with van der Waals surface area (Å²) in [6.07, 6.45) is 1.71. The van der Waals surface area contributed by atoms with Gasteiger partial charge in [-0.05, 0) is 18.1 Å². The third kappa shape index (κ3) is 1.62. The second-order valence-corrected chi connectivity index (χ2v) is 2.53. The molecule has 0 atom stereocenters. The molecule has 3 N–H and O–H groups in total. The summed E-state index contributed by atoms with van der Waals surface area (Å²) in [5.41, 5.74) is 5.14. The van der Waals surface area contributed by atoms with Gasteiger partial charge in [-0.25, -0.2) is 0 Å². The molecule has 3 nitrogen and oxygen atoms in total. The lowest BCUT2D eigenvalue weighted by molar-refractivity contribution is 0.112. The first kappa shape index (κ1) is 8.74. The summed E-state index contributed by atoms with van der Waals surface area (Å²) in [6.45, 7) is 2.04. The van der Waals surface area contributed by atoms with Crippen LogP contribution in [-0.2, 0) is 6.42 Å². The molecule has 1 rings (SSSR count). The summed E-state index contributed by atoms with van der Waals surface area (Å²) < 4.78 is 0. The zero-order chi connectivity index (χ0) is 8.97. The molecular formula is C9H12N2O. The zero-order valence-electron chi connectivity index (χ0n) is 7.00. The Morgan fingerprint density at radius 2 is 2.33 bits per heavy atom. The molecule has 0 fully saturated rings. The van der Waals surface area contributed by atoms with Gasteiger partial charge in [0.2, 0.25) is 0 Å². The first-order valence-electron chi connectivity index (χ1n) is 3.86. The van der Waals surface area contributed by atoms with Crippen LogP contribution >= 0.6 is 0 Å². The molecule has 0 aromatic heterocycles. The molecule has 0 saturated carbocycles. The third-order valence-electron chi connectivity index (χ3n) is 1.81. The van der Waals surface area contributed by atoms with Crippen LogP contribution in [0.4, 0.5) is 5.69 Å². The Bertz CT molecular complexity index is 284. The monoisotopic (exact) mass is 164 g/mol. The lowest BCUT2D eigenvalue weighted by atomic mass is 10.1. The van der Waals surface area contributed by atoms with E-state index in [1.54, 1.807) is 12.1 Å². The molecule has 12 heavy (non-hydrogen) atoms. The van der Waals surface area contributed by atoms with Gasteiger partial charge in [-0.3, -0.25) is 10.6 Å². The van der Waals surface area contributed by atoms with Gasteiger partial charge in [0.25, 0.3) is 0 Å². The van der Waals surface area contributed by atoms with Crippen molar-refractivity contribution >= 4 is 12.0 Å². The predicted molar refractivity (Wildman–Crippen MR) is 49.0 cm³/mol. The van der Waals surface area contributed by atoms with Crippen molar-refractivity contribution in [3.8, 4) is 0 Å². The van der Waals surface area contributed by atoms with Gasteiger partial charge in [-0.15, -0.1) is 0 Å². The number of nitrogens with one attached hydrogen (secondary N) is 1. The molecule has 0 aliphatic rings. The Hall–Kier alpha value is -1.35. The van der Waals surface area contributed by atoms with Crippen LogP contribution in [0.1, 0.15) is 22.8 Å². The minimum absolute atomic E-state index is 0.639. The number of carbonyl (C=O) groups excluding carboxylic acids is 1. The molecule has 0 unspecified atom stereocenters. The Morgan fingerprint density at radius 3 is 2.83 bits per heavy atom. The van der Waals surface area contributed by atoms with E-state index in [9.17, 15) is 4.79 Å². The highest BCUT2D eigenvalue weighted by Gasteiger charge is 1.99. The van der Waals surface area contributed by atoms with E-state index in [1.807, 2.05) is 13.0 Å². The summed E-state index contributed by atoms with van der Waals surface area (Å²) in [4.78, 5) is 10.4. The summed E-state index contributed by atoms with van der Waals surface area (Å²) in [5, 5.41) is 0. The molecule has 0 radical (unpaired) electrons. The van der Waals surface area contributed by atoms with E-state index in [-0.39, 0.29) is 0 Å². The SMILES string of the molecule is CCc1ccc(C=O)cc1NN. The molecule has 64 valence electrons. The number of carbonyl (C=O) groups is 1. The van der Waals surface area contributed by atoms with E-state index in [2.05, 4.69) is 5.43 Å². The summed E-state index contributed by atoms with van der Waals surface area (Å²) >= 11 is 0. The van der Waals surface area contributed by atoms with Gasteiger partial charge in [-0.1, -0.05) is 19.1 Å². The van der Waals surface area contributed by atoms with E-state index >= 15 is 0 Å². The number of benzene rings is 1. The fraction of sp³-hybridized carbons (Fsp3) is 0.222. The van der Waals surface area contributed by atoms with E-state index in [4.69, 9.17) is 5.84 Å². The second kappa shape index (κ2) is 3.88. The Balaban J connectivity index is 3.10. The maximum atomic E-state index is 10.4. The quantitative estimate of drug-likeness (QED) is 0.403. The van der Waals surface area contributed by atoms with Gasteiger partial charge < -0.3 is 5.43 Å². The number of aldehydes is 1. The van der Waals surface area contributed by atoms with Crippen LogP contribution in [-0.4, -0.2) is 6.29 Å². The molecule has 1 aromatic rings. The van der Waals surface area contributed by atoms with Crippen LogP contribution in [0.2, 0.25) is 0 Å². The molecule has 3 heteroatoms. The fourth-order valence-electron chi connectivity index (χ4n) is 1.11. The molecule has 0 heterocycles. The molecule has 1 aromatic carbocycles. The number of hydrazine groups is 1. The standard InChI is InChI=1S/C9H12N2O/c1-2-8-4-3-7(6-12)5-9(8)11-10/h3-6,11H,2,10H2,1H3. The molecule has 0 aliphatic heterocycles. The Kier molecular flexibility index (Phi) is 2.82. The largest absolute Gasteiger partial charge is 0.324 e. The van der Waals surface area contributed by atoms with Crippen molar-refractivity contribution in [2.45, 2.75) is 13.3 Å². The molecule has 0 aliphatic carbocycles. The van der Waals surface area contributed by atoms with Crippen LogP contribution in [0, 0.1) is 0 Å². The number of hydrogen-bond acceptors (Lipinski definition) is 3. The number of nitrogens with two attached hydrogens (primary N) is 1. The molecule has 0 saturated heterocycles. The van der Waals surface area contributed by atoms with Gasteiger partial charge in [0, 0.05) is 5.56 Å². The van der Waals surface area contributed by atoms with Crippen LogP contribution in [0.25, 0.3) is 0 Å². The van der Waals surface area contributed by atoms with Crippen molar-refractivity contribution in [3.63, 3.8) is 0 Å². The van der Waals surface area contributed by atoms with E-state index in [0.29, 0.717) is 5.56 Å². The van der Waals surface area contributed by atoms with Crippen molar-refractivity contribution in [1.29, 1.82) is 0 Å². The second-order valence-electron chi connectivity index (χ2n) is 2.53. The van der Waals surface area contributed by atoms with E-state index < -0.39 is 0 Å². The minimum Gasteiger partial charge on any atom is -0.324 e. The van der Waals surface area contributed by atoms with Crippen molar-refractivity contribution < 1.29 is 4.79 Å². The van der Waals surface area contributed by atoms with Gasteiger partial charge >= 0.3 is 0 Å². The average Bonchev–Trinajstić information content (AvgIpc) is 2.16. The Labute approximate surface area is 71.5 Å². The lowest BCUT2D eigenvalue weighted by Crippen LogP contribution is -2.09. The topological polar surface area (TPSA) is 55.1 Å². The molecule has 0 spiro atoms. The number of anilines is 1. The summed E-state index contributed by atoms with van der Waals surface area (Å²) in [7, 11) is 0. The van der Waals surface area contributed by atoms with Crippen LogP contribution < -0.4 is 11.3 Å². The van der Waals surface area contributed by atoms with E-state index in [0.717, 1.165) is 24.0 Å². The van der Waals surface area contributed by atoms with Crippen molar-refractivity contribution in [3.05, 3.63) is 29.3 Å². The van der Waals surface area contributed by atoms with Gasteiger partial charge in [0.05, 0.1) is 5.69 Å². The van der Waals surface area contributed by atoms with Crippen molar-refractivity contribution in [2.24, 2.45) is 5.84 Å². The Morgan fingerprint density at radius 1 is 1.58 bits per heavy atom. The summed E-state index contributed by atoms with van der Waals surface area (Å²) in [6, 6.07) is 5.43. The van der Waals surface area contributed by atoms with Crippen LogP contribution in [0.3, 0.4) is 0 Å². The van der Waals surface area contributed by atoms with Crippen LogP contribution in [0.15, 0.2) is 18.2 Å². The van der Waals surface area contributed by atoms with Crippen molar-refractivity contribution in [1.82, 2.24) is 0 Å². The maximum absolute atomic E-state index is 10.4. The number of rotatable bonds is 3. The maximum Gasteiger partial charge on any atom is 0.150 e. The molecule has 0 bridgehead atoms. The zero-order valence-corrected chi connectivity index (χ0v) is 7.00. The lowest BCUT2D eigenvalue weighted by Gasteiger charge is -2.06. The highest BCUT2D eigenvalue weighted by Crippen LogP contribution is 2.16. The average molecular weight is 164 g/mol. The smallest absolute Gasteiger partial charge is 0.150 e. The highest BCUT2D eigenvalue weighted by molar-refractivity contribution is 5.77. The molecule has 0 amide bonds. The predicted octanol–water partition coefficient (Wildman–Crippen LogP) is 1.35.